The Labute approximate surface area is 395 Å². The predicted octanol–water partition coefficient (Wildman–Crippen LogP) is -2.77. The lowest BCUT2D eigenvalue weighted by Gasteiger charge is -2.73. The molecule has 3 heterocycles. The fraction of sp³-hybridized carbons (Fsp3) is 0.936. The van der Waals surface area contributed by atoms with E-state index in [1.165, 1.54) is 0 Å². The lowest BCUT2D eigenvalue weighted by Crippen LogP contribution is -2.76. The molecule has 0 unspecified atom stereocenters. The molecule has 7 fully saturated rings. The van der Waals surface area contributed by atoms with Crippen molar-refractivity contribution in [2.45, 2.75) is 204 Å². The molecule has 21 nitrogen and oxygen atoms in total. The minimum absolute atomic E-state index is 0.0771. The van der Waals surface area contributed by atoms with E-state index in [1.54, 1.807) is 0 Å². The van der Waals surface area contributed by atoms with Crippen LogP contribution >= 0.6 is 0 Å². The second kappa shape index (κ2) is 18.1. The predicted molar refractivity (Wildman–Crippen MR) is 230 cm³/mol. The highest BCUT2D eigenvalue weighted by Crippen LogP contribution is 2.76. The molecule has 5 aliphatic carbocycles. The van der Waals surface area contributed by atoms with Crippen LogP contribution in [0.5, 0.6) is 0 Å². The van der Waals surface area contributed by atoms with E-state index in [-0.39, 0.29) is 11.8 Å². The van der Waals surface area contributed by atoms with E-state index in [4.69, 9.17) is 28.4 Å². The first-order valence-corrected chi connectivity index (χ1v) is 24.1. The van der Waals surface area contributed by atoms with Gasteiger partial charge in [-0.1, -0.05) is 60.1 Å². The van der Waals surface area contributed by atoms with Gasteiger partial charge in [0, 0.05) is 5.41 Å². The van der Waals surface area contributed by atoms with Gasteiger partial charge in [0.15, 0.2) is 25.0 Å². The highest BCUT2D eigenvalue weighted by Gasteiger charge is 2.75. The Morgan fingerprint density at radius 3 is 1.76 bits per heavy atom. The van der Waals surface area contributed by atoms with E-state index in [2.05, 4.69) is 19.9 Å². The molecule has 26 atom stereocenters. The van der Waals surface area contributed by atoms with Gasteiger partial charge >= 0.3 is 5.97 Å². The van der Waals surface area contributed by atoms with Crippen molar-refractivity contribution in [1.82, 2.24) is 0 Å². The van der Waals surface area contributed by atoms with E-state index in [1.807, 2.05) is 34.6 Å². The minimum atomic E-state index is -2.10. The minimum Gasteiger partial charge on any atom is -0.479 e. The summed E-state index contributed by atoms with van der Waals surface area (Å²) in [5.41, 5.74) is -4.33. The van der Waals surface area contributed by atoms with Crippen molar-refractivity contribution in [3.63, 3.8) is 0 Å². The number of fused-ring (bicyclic) bond motifs is 7. The molecule has 68 heavy (non-hydrogen) atoms. The number of carboxylic acids is 1. The van der Waals surface area contributed by atoms with Crippen LogP contribution in [0.25, 0.3) is 0 Å². The third kappa shape index (κ3) is 7.46. The fourth-order valence-corrected chi connectivity index (χ4v) is 15.2. The maximum Gasteiger partial charge on any atom is 0.335 e. The highest BCUT2D eigenvalue weighted by molar-refractivity contribution is 5.73. The van der Waals surface area contributed by atoms with Crippen LogP contribution in [0.1, 0.15) is 87.0 Å². The lowest BCUT2D eigenvalue weighted by molar-refractivity contribution is -0.386. The fourth-order valence-electron chi connectivity index (χ4n) is 15.2. The number of allylic oxidation sites excluding steroid dienone is 1. The van der Waals surface area contributed by atoms with Crippen molar-refractivity contribution in [3.05, 3.63) is 11.6 Å². The highest BCUT2D eigenvalue weighted by atomic mass is 16.8. The van der Waals surface area contributed by atoms with Gasteiger partial charge in [0.1, 0.15) is 61.0 Å². The van der Waals surface area contributed by atoms with Gasteiger partial charge in [-0.05, 0) is 77.9 Å². The van der Waals surface area contributed by atoms with Crippen LogP contribution in [-0.4, -0.2) is 214 Å². The van der Waals surface area contributed by atoms with Crippen LogP contribution in [-0.2, 0) is 33.2 Å². The molecule has 21 heteroatoms. The van der Waals surface area contributed by atoms with Gasteiger partial charge in [0.25, 0.3) is 0 Å². The van der Waals surface area contributed by atoms with E-state index < -0.39 is 181 Å². The molecule has 390 valence electrons. The number of ether oxygens (including phenoxy) is 6. The van der Waals surface area contributed by atoms with Gasteiger partial charge in [0.05, 0.1) is 55.8 Å². The first-order valence-electron chi connectivity index (χ1n) is 24.1. The lowest BCUT2D eigenvalue weighted by atomic mass is 9.32. The summed E-state index contributed by atoms with van der Waals surface area (Å²) < 4.78 is 36.2. The topological polar surface area (TPSA) is 356 Å². The number of aliphatic hydroxyl groups is 13. The normalized spacial score (nSPS) is 55.3. The smallest absolute Gasteiger partial charge is 0.335 e. The van der Waals surface area contributed by atoms with Gasteiger partial charge in [-0.15, -0.1) is 0 Å². The Kier molecular flexibility index (Phi) is 14.1. The molecule has 4 saturated carbocycles. The van der Waals surface area contributed by atoms with Crippen LogP contribution in [0.4, 0.5) is 0 Å². The second-order valence-electron chi connectivity index (χ2n) is 23.3. The van der Waals surface area contributed by atoms with Crippen LogP contribution in [0, 0.1) is 50.2 Å². The largest absolute Gasteiger partial charge is 0.479 e. The molecule has 0 bridgehead atoms. The zero-order valence-corrected chi connectivity index (χ0v) is 39.8. The van der Waals surface area contributed by atoms with E-state index in [9.17, 15) is 76.3 Å². The Hall–Kier alpha value is -1.55. The maximum absolute atomic E-state index is 12.8. The number of carboxylic acid groups (broad SMARTS) is 1. The average molecular weight is 977 g/mol. The Balaban J connectivity index is 1.12. The van der Waals surface area contributed by atoms with E-state index in [0.717, 1.165) is 5.57 Å². The molecule has 8 rings (SSSR count). The number of carbonyl (C=O) groups is 1. The monoisotopic (exact) mass is 976 g/mol. The van der Waals surface area contributed by atoms with Gasteiger partial charge in [0.2, 0.25) is 0 Å². The summed E-state index contributed by atoms with van der Waals surface area (Å²) in [6, 6.07) is 0. The third-order valence-electron chi connectivity index (χ3n) is 19.5. The SMILES string of the molecule is CC1(C)C[C@H]2C3=CC[C@@H]4[C@@]5(C)CC[C@H](O[C@H]6O[C@H](C(=O)O)[C@@H](O)[C@H](O[C@@H]7O[C@@H](CO)[C@H](O)[C@H]7O)[C@H]6O[C@@H]6O[C@H](CO)[C@H](O)[C@H](O)[C@H]6O)C(C)(C)[C@@H]5CC[C@@]4(C)[C@]3(C)[C@@H](O)[C@@H](O)[C@@]2(CO)[C@@H](O)[C@@H]1O. The molecule has 3 saturated heterocycles. The Bertz CT molecular complexity index is 1880. The van der Waals surface area contributed by atoms with Crippen molar-refractivity contribution in [1.29, 1.82) is 0 Å². The van der Waals surface area contributed by atoms with Crippen molar-refractivity contribution in [3.8, 4) is 0 Å². The van der Waals surface area contributed by atoms with Crippen LogP contribution in [0.2, 0.25) is 0 Å². The van der Waals surface area contributed by atoms with Crippen molar-refractivity contribution < 1.29 is 105 Å². The van der Waals surface area contributed by atoms with Gasteiger partial charge < -0.3 is 99.9 Å². The van der Waals surface area contributed by atoms with E-state index in [0.29, 0.717) is 38.5 Å². The number of aliphatic carboxylic acids is 1. The molecule has 0 radical (unpaired) electrons. The standard InChI is InChI=1S/C47H76O21/c1-42(2)14-19-18-8-9-23-44(5)12-11-24(43(3,4)22(44)10-13-45(23,6)46(18,7)35(58)37(60)47(19,17-50)36(59)34(42)57)65-41-33(68-40-29(55)27(53)25(51)20(15-48)63-40)31(30(56)32(67-41)38(61)62)66-39-28(54)26(52)21(16-49)64-39/h8,19-37,39-41,48-60H,9-17H2,1-7H3,(H,61,62)/t19-,20+,21-,22-,23+,24-,25-,26-,27-,28+,29+,30-,31-,32-,33+,34-,35-,36-,37+,39-,40-,41-,44-,45+,46-,47+/m0/s1. The summed E-state index contributed by atoms with van der Waals surface area (Å²) in [5, 5.41) is 154. The third-order valence-corrected chi connectivity index (χ3v) is 19.5. The quantitative estimate of drug-likeness (QED) is 0.0778. The maximum atomic E-state index is 12.8. The van der Waals surface area contributed by atoms with Gasteiger partial charge in [-0.2, -0.15) is 0 Å². The summed E-state index contributed by atoms with van der Waals surface area (Å²) in [6.45, 7) is 11.9. The number of hydrogen-bond acceptors (Lipinski definition) is 20. The second-order valence-corrected chi connectivity index (χ2v) is 23.3. The van der Waals surface area contributed by atoms with Crippen molar-refractivity contribution in [2.24, 2.45) is 50.2 Å². The Morgan fingerprint density at radius 2 is 1.19 bits per heavy atom. The average Bonchev–Trinajstić information content (AvgIpc) is 3.55. The molecular weight excluding hydrogens is 900 g/mol. The Morgan fingerprint density at radius 1 is 0.632 bits per heavy atom. The van der Waals surface area contributed by atoms with Gasteiger partial charge in [-0.3, -0.25) is 0 Å². The van der Waals surface area contributed by atoms with Crippen molar-refractivity contribution >= 4 is 5.97 Å². The molecule has 8 aliphatic rings. The van der Waals surface area contributed by atoms with Crippen LogP contribution in [0.15, 0.2) is 11.6 Å². The summed E-state index contributed by atoms with van der Waals surface area (Å²) in [4.78, 5) is 12.8. The van der Waals surface area contributed by atoms with E-state index >= 15 is 0 Å². The molecule has 0 spiro atoms. The summed E-state index contributed by atoms with van der Waals surface area (Å²) in [7, 11) is 0. The zero-order chi connectivity index (χ0) is 50.2. The number of rotatable bonds is 10. The molecule has 0 amide bonds. The molecule has 14 N–H and O–H groups in total. The van der Waals surface area contributed by atoms with Crippen LogP contribution < -0.4 is 0 Å². The number of aliphatic hydroxyl groups excluding tert-OH is 13. The molecule has 0 aromatic heterocycles. The molecule has 3 aliphatic heterocycles. The molecular formula is C47H76O21. The van der Waals surface area contributed by atoms with Crippen molar-refractivity contribution in [2.75, 3.05) is 19.8 Å². The zero-order valence-electron chi connectivity index (χ0n) is 39.8. The molecule has 0 aromatic rings. The first-order chi connectivity index (χ1) is 31.6. The molecule has 0 aromatic carbocycles. The number of hydrogen-bond donors (Lipinski definition) is 14. The van der Waals surface area contributed by atoms with Crippen LogP contribution in [0.3, 0.4) is 0 Å². The summed E-state index contributed by atoms with van der Waals surface area (Å²) >= 11 is 0. The van der Waals surface area contributed by atoms with Gasteiger partial charge in [-0.25, -0.2) is 4.79 Å². The summed E-state index contributed by atoms with van der Waals surface area (Å²) in [5.74, 6) is -2.36. The summed E-state index contributed by atoms with van der Waals surface area (Å²) in [6.07, 6.45) is -26.4. The first kappa shape index (κ1) is 52.8.